The number of sulfonamides is 2. The normalized spacial score (nSPS) is 19.0. The molecule has 0 aliphatic carbocycles. The van der Waals surface area contributed by atoms with Crippen molar-refractivity contribution in [1.82, 2.24) is 8.61 Å². The molecule has 1 saturated heterocycles. The molecule has 0 saturated carbocycles. The first-order valence-electron chi connectivity index (χ1n) is 6.53. The van der Waals surface area contributed by atoms with Crippen LogP contribution in [0.15, 0.2) is 23.1 Å². The number of hydrogen-bond donors (Lipinski definition) is 0. The average Bonchev–Trinajstić information content (AvgIpc) is 2.63. The minimum Gasteiger partial charge on any atom is -0.213 e. The van der Waals surface area contributed by atoms with Crippen LogP contribution in [0.25, 0.3) is 0 Å². The van der Waals surface area contributed by atoms with Gasteiger partial charge in [0.25, 0.3) is 0 Å². The van der Waals surface area contributed by atoms with Gasteiger partial charge in [-0.05, 0) is 18.6 Å². The van der Waals surface area contributed by atoms with Gasteiger partial charge in [0.15, 0.2) is 0 Å². The Balaban J connectivity index is 2.27. The fourth-order valence-electron chi connectivity index (χ4n) is 2.27. The Bertz CT molecular complexity index is 765. The number of rotatable bonds is 3. The van der Waals surface area contributed by atoms with Crippen LogP contribution < -0.4 is 0 Å². The molecule has 124 valence electrons. The molecule has 0 radical (unpaired) electrons. The van der Waals surface area contributed by atoms with Gasteiger partial charge in [0.2, 0.25) is 20.0 Å². The standard InChI is InChI=1S/C12H16F2N2O4S2/c1-21(17,18)15-5-2-6-16(8-7-15)22(19,20)12-4-3-10(13)9-11(12)14/h3-4,9H,2,5-8H2,1H3. The minimum absolute atomic E-state index is 0.000870. The molecule has 0 atom stereocenters. The molecule has 1 aliphatic rings. The third-order valence-electron chi connectivity index (χ3n) is 3.39. The molecule has 1 aliphatic heterocycles. The topological polar surface area (TPSA) is 74.8 Å². The van der Waals surface area contributed by atoms with Gasteiger partial charge < -0.3 is 0 Å². The second-order valence-electron chi connectivity index (χ2n) is 4.99. The highest BCUT2D eigenvalue weighted by atomic mass is 32.2. The summed E-state index contributed by atoms with van der Waals surface area (Å²) in [6, 6.07) is 2.25. The maximum atomic E-state index is 13.7. The minimum atomic E-state index is -4.13. The zero-order chi connectivity index (χ0) is 16.5. The Morgan fingerprint density at radius 2 is 1.55 bits per heavy atom. The molecule has 22 heavy (non-hydrogen) atoms. The van der Waals surface area contributed by atoms with Crippen LogP contribution in [0.5, 0.6) is 0 Å². The summed E-state index contributed by atoms with van der Waals surface area (Å²) in [5.74, 6) is -2.03. The first-order valence-corrected chi connectivity index (χ1v) is 9.81. The Morgan fingerprint density at radius 1 is 0.955 bits per heavy atom. The lowest BCUT2D eigenvalue weighted by atomic mass is 10.3. The first-order chi connectivity index (χ1) is 10.1. The molecule has 6 nitrogen and oxygen atoms in total. The van der Waals surface area contributed by atoms with E-state index in [1.54, 1.807) is 0 Å². The van der Waals surface area contributed by atoms with Gasteiger partial charge in [-0.2, -0.15) is 4.31 Å². The van der Waals surface area contributed by atoms with Crippen molar-refractivity contribution in [2.75, 3.05) is 32.4 Å². The summed E-state index contributed by atoms with van der Waals surface area (Å²) in [5.41, 5.74) is 0. The summed E-state index contributed by atoms with van der Waals surface area (Å²) in [6.07, 6.45) is 1.35. The number of nitrogens with zero attached hydrogens (tertiary/aromatic N) is 2. The summed E-state index contributed by atoms with van der Waals surface area (Å²) in [6.45, 7) is 0.203. The van der Waals surface area contributed by atoms with E-state index in [4.69, 9.17) is 0 Å². The van der Waals surface area contributed by atoms with Gasteiger partial charge in [-0.3, -0.25) is 0 Å². The van der Waals surface area contributed by atoms with Crippen LogP contribution >= 0.6 is 0 Å². The van der Waals surface area contributed by atoms with E-state index >= 15 is 0 Å². The van der Waals surface area contributed by atoms with Gasteiger partial charge in [0.1, 0.15) is 16.5 Å². The van der Waals surface area contributed by atoms with E-state index in [0.29, 0.717) is 12.5 Å². The molecule has 0 amide bonds. The van der Waals surface area contributed by atoms with Crippen molar-refractivity contribution in [2.45, 2.75) is 11.3 Å². The van der Waals surface area contributed by atoms with Crippen LogP contribution in [0.3, 0.4) is 0 Å². The third-order valence-corrected chi connectivity index (χ3v) is 6.63. The van der Waals surface area contributed by atoms with E-state index in [2.05, 4.69) is 0 Å². The van der Waals surface area contributed by atoms with Gasteiger partial charge >= 0.3 is 0 Å². The Hall–Kier alpha value is -1.10. The quantitative estimate of drug-likeness (QED) is 0.798. The lowest BCUT2D eigenvalue weighted by Gasteiger charge is -2.21. The molecule has 0 aromatic heterocycles. The highest BCUT2D eigenvalue weighted by Crippen LogP contribution is 2.21. The second-order valence-corrected chi connectivity index (χ2v) is 8.88. The molecule has 1 aromatic rings. The predicted octanol–water partition coefficient (Wildman–Crippen LogP) is 0.621. The molecule has 1 heterocycles. The molecule has 0 N–H and O–H groups in total. The zero-order valence-corrected chi connectivity index (χ0v) is 13.5. The average molecular weight is 354 g/mol. The summed E-state index contributed by atoms with van der Waals surface area (Å²) in [7, 11) is -7.54. The monoisotopic (exact) mass is 354 g/mol. The van der Waals surface area contributed by atoms with Crippen molar-refractivity contribution in [1.29, 1.82) is 0 Å². The maximum Gasteiger partial charge on any atom is 0.246 e. The van der Waals surface area contributed by atoms with Gasteiger partial charge in [0.05, 0.1) is 6.26 Å². The van der Waals surface area contributed by atoms with E-state index in [9.17, 15) is 25.6 Å². The van der Waals surface area contributed by atoms with E-state index in [1.165, 1.54) is 4.31 Å². The van der Waals surface area contributed by atoms with Crippen molar-refractivity contribution >= 4 is 20.0 Å². The third kappa shape index (κ3) is 3.62. The van der Waals surface area contributed by atoms with Crippen LogP contribution in [0.4, 0.5) is 8.78 Å². The zero-order valence-electron chi connectivity index (χ0n) is 11.9. The second kappa shape index (κ2) is 6.19. The van der Waals surface area contributed by atoms with Gasteiger partial charge in [-0.15, -0.1) is 0 Å². The van der Waals surface area contributed by atoms with Crippen LogP contribution in [0.1, 0.15) is 6.42 Å². The van der Waals surface area contributed by atoms with Gasteiger partial charge in [-0.1, -0.05) is 0 Å². The van der Waals surface area contributed by atoms with Crippen LogP contribution in [-0.2, 0) is 20.0 Å². The Kier molecular flexibility index (Phi) is 4.85. The predicted molar refractivity (Wildman–Crippen MR) is 76.2 cm³/mol. The Morgan fingerprint density at radius 3 is 2.14 bits per heavy atom. The van der Waals surface area contributed by atoms with Crippen molar-refractivity contribution in [2.24, 2.45) is 0 Å². The molecule has 2 rings (SSSR count). The number of halogens is 2. The van der Waals surface area contributed by atoms with Crippen molar-refractivity contribution in [3.05, 3.63) is 29.8 Å². The molecule has 10 heteroatoms. The van der Waals surface area contributed by atoms with E-state index in [0.717, 1.165) is 22.7 Å². The largest absolute Gasteiger partial charge is 0.246 e. The Labute approximate surface area is 128 Å². The molecular weight excluding hydrogens is 338 g/mol. The highest BCUT2D eigenvalue weighted by Gasteiger charge is 2.31. The van der Waals surface area contributed by atoms with Crippen molar-refractivity contribution in [3.63, 3.8) is 0 Å². The van der Waals surface area contributed by atoms with Crippen molar-refractivity contribution < 1.29 is 25.6 Å². The molecule has 1 fully saturated rings. The fourth-order valence-corrected chi connectivity index (χ4v) is 4.65. The molecule has 0 unspecified atom stereocenters. The highest BCUT2D eigenvalue weighted by molar-refractivity contribution is 7.89. The van der Waals surface area contributed by atoms with Crippen LogP contribution in [0.2, 0.25) is 0 Å². The van der Waals surface area contributed by atoms with Gasteiger partial charge in [-0.25, -0.2) is 29.9 Å². The summed E-state index contributed by atoms with van der Waals surface area (Å²) >= 11 is 0. The molecular formula is C12H16F2N2O4S2. The lowest BCUT2D eigenvalue weighted by Crippen LogP contribution is -2.37. The summed E-state index contributed by atoms with van der Waals surface area (Å²) < 4.78 is 76.7. The summed E-state index contributed by atoms with van der Waals surface area (Å²) in [5, 5.41) is 0. The number of hydrogen-bond acceptors (Lipinski definition) is 4. The fraction of sp³-hybridized carbons (Fsp3) is 0.500. The SMILES string of the molecule is CS(=O)(=O)N1CCCN(S(=O)(=O)c2ccc(F)cc2F)CC1. The van der Waals surface area contributed by atoms with Crippen LogP contribution in [-0.4, -0.2) is 57.9 Å². The molecule has 0 bridgehead atoms. The number of benzene rings is 1. The van der Waals surface area contributed by atoms with E-state index in [1.807, 2.05) is 0 Å². The molecule has 1 aromatic carbocycles. The summed E-state index contributed by atoms with van der Waals surface area (Å²) in [4.78, 5) is -0.610. The lowest BCUT2D eigenvalue weighted by molar-refractivity contribution is 0.404. The maximum absolute atomic E-state index is 13.7. The van der Waals surface area contributed by atoms with Gasteiger partial charge in [0, 0.05) is 32.2 Å². The molecule has 0 spiro atoms. The van der Waals surface area contributed by atoms with E-state index < -0.39 is 36.6 Å². The smallest absolute Gasteiger partial charge is 0.213 e. The van der Waals surface area contributed by atoms with E-state index in [-0.39, 0.29) is 26.2 Å². The van der Waals surface area contributed by atoms with Crippen molar-refractivity contribution in [3.8, 4) is 0 Å². The van der Waals surface area contributed by atoms with Crippen LogP contribution in [0, 0.1) is 11.6 Å². The first kappa shape index (κ1) is 17.3.